The molecule has 0 spiro atoms. The van der Waals surface area contributed by atoms with E-state index in [-0.39, 0.29) is 0 Å². The molecule has 0 aliphatic rings. The van der Waals surface area contributed by atoms with Gasteiger partial charge in [-0.3, -0.25) is 4.72 Å². The van der Waals surface area contributed by atoms with Gasteiger partial charge in [-0.15, -0.1) is 0 Å². The van der Waals surface area contributed by atoms with Crippen molar-refractivity contribution in [2.24, 2.45) is 12.8 Å². The molecule has 0 aliphatic heterocycles. The first-order valence-electron chi connectivity index (χ1n) is 7.44. The van der Waals surface area contributed by atoms with Gasteiger partial charge in [-0.2, -0.15) is 0 Å². The maximum atomic E-state index is 5.68. The zero-order chi connectivity index (χ0) is 15.0. The second-order valence-electron chi connectivity index (χ2n) is 4.49. The Labute approximate surface area is 127 Å². The van der Waals surface area contributed by atoms with Crippen LogP contribution < -0.4 is 10.5 Å². The van der Waals surface area contributed by atoms with E-state index in [1.807, 2.05) is 13.8 Å². The zero-order valence-corrected chi connectivity index (χ0v) is 13.9. The molecule has 2 rings (SSSR count). The first-order valence-corrected chi connectivity index (χ1v) is 8.26. The van der Waals surface area contributed by atoms with Crippen LogP contribution >= 0.6 is 11.9 Å². The van der Waals surface area contributed by atoms with Crippen LogP contribution in [0.25, 0.3) is 10.9 Å². The van der Waals surface area contributed by atoms with Crippen LogP contribution in [-0.4, -0.2) is 11.1 Å². The predicted octanol–water partition coefficient (Wildman–Crippen LogP) is 4.06. The minimum Gasteiger partial charge on any atom is -0.338 e. The summed E-state index contributed by atoms with van der Waals surface area (Å²) >= 11 is 1.71. The fourth-order valence-electron chi connectivity index (χ4n) is 1.95. The van der Waals surface area contributed by atoms with Crippen LogP contribution in [0.3, 0.4) is 0 Å². The Balaban J connectivity index is 0.000000956. The van der Waals surface area contributed by atoms with Gasteiger partial charge in [0.25, 0.3) is 0 Å². The summed E-state index contributed by atoms with van der Waals surface area (Å²) in [5.74, 6) is 0. The number of fused-ring (bicyclic) bond motifs is 1. The first-order chi connectivity index (χ1) is 9.76. The van der Waals surface area contributed by atoms with Crippen molar-refractivity contribution in [1.29, 1.82) is 0 Å². The molecule has 0 bridgehead atoms. The summed E-state index contributed by atoms with van der Waals surface area (Å²) in [6.07, 6.45) is 2.44. The van der Waals surface area contributed by atoms with Gasteiger partial charge in [0.2, 0.25) is 0 Å². The third-order valence-corrected chi connectivity index (χ3v) is 4.06. The number of hydrogen-bond acceptors (Lipinski definition) is 3. The third-order valence-electron chi connectivity index (χ3n) is 3.11. The minimum atomic E-state index is 0.596. The molecule has 0 unspecified atom stereocenters. The average Bonchev–Trinajstić information content (AvgIpc) is 2.82. The molecule has 0 atom stereocenters. The molecule has 112 valence electrons. The van der Waals surface area contributed by atoms with Crippen molar-refractivity contribution < 1.29 is 0 Å². The van der Waals surface area contributed by atoms with Gasteiger partial charge in [-0.05, 0) is 36.1 Å². The molecule has 4 heteroatoms. The van der Waals surface area contributed by atoms with Gasteiger partial charge < -0.3 is 10.3 Å². The van der Waals surface area contributed by atoms with Crippen molar-refractivity contribution in [2.45, 2.75) is 45.2 Å². The van der Waals surface area contributed by atoms with Crippen molar-refractivity contribution in [3.05, 3.63) is 29.8 Å². The molecule has 1 aromatic carbocycles. The minimum absolute atomic E-state index is 0.596. The Bertz CT molecular complexity index is 520. The van der Waals surface area contributed by atoms with Crippen molar-refractivity contribution in [2.75, 3.05) is 6.54 Å². The van der Waals surface area contributed by atoms with E-state index in [2.05, 4.69) is 47.5 Å². The molecule has 2 aromatic rings. The number of nitrogens with zero attached hydrogens (tertiary/aromatic N) is 1. The van der Waals surface area contributed by atoms with Gasteiger partial charge in [0, 0.05) is 31.0 Å². The van der Waals surface area contributed by atoms with Crippen molar-refractivity contribution in [1.82, 2.24) is 9.29 Å². The van der Waals surface area contributed by atoms with Crippen molar-refractivity contribution in [3.8, 4) is 0 Å². The molecular weight excluding hydrogens is 266 g/mol. The lowest BCUT2D eigenvalue weighted by Crippen LogP contribution is -2.06. The number of nitrogens with two attached hydrogens (primary N) is 1. The van der Waals surface area contributed by atoms with Gasteiger partial charge in [-0.1, -0.05) is 39.3 Å². The highest BCUT2D eigenvalue weighted by Crippen LogP contribution is 2.25. The van der Waals surface area contributed by atoms with Crippen LogP contribution in [0.15, 0.2) is 29.3 Å². The fraction of sp³-hybridized carbons (Fsp3) is 0.500. The molecule has 20 heavy (non-hydrogen) atoms. The van der Waals surface area contributed by atoms with Crippen LogP contribution in [0.1, 0.15) is 39.2 Å². The van der Waals surface area contributed by atoms with Crippen LogP contribution in [0.2, 0.25) is 0 Å². The summed E-state index contributed by atoms with van der Waals surface area (Å²) in [7, 11) is 2.10. The van der Waals surface area contributed by atoms with Gasteiger partial charge in [-0.25, -0.2) is 0 Å². The molecule has 1 heterocycles. The zero-order valence-electron chi connectivity index (χ0n) is 13.1. The van der Waals surface area contributed by atoms with Crippen LogP contribution in [-0.2, 0) is 13.6 Å². The van der Waals surface area contributed by atoms with Crippen molar-refractivity contribution >= 4 is 22.9 Å². The second kappa shape index (κ2) is 9.06. The lowest BCUT2D eigenvalue weighted by Gasteiger charge is -2.05. The van der Waals surface area contributed by atoms with Gasteiger partial charge in [0.15, 0.2) is 0 Å². The summed E-state index contributed by atoms with van der Waals surface area (Å²) in [6.45, 7) is 7.85. The van der Waals surface area contributed by atoms with Crippen LogP contribution in [0, 0.1) is 0 Å². The number of aryl methyl sites for hydroxylation is 1. The quantitative estimate of drug-likeness (QED) is 0.623. The van der Waals surface area contributed by atoms with E-state index in [4.69, 9.17) is 5.73 Å². The molecular formula is C16H27N3S. The van der Waals surface area contributed by atoms with Gasteiger partial charge in [0.05, 0.1) is 5.03 Å². The number of rotatable bonds is 6. The average molecular weight is 293 g/mol. The third kappa shape index (κ3) is 4.27. The summed E-state index contributed by atoms with van der Waals surface area (Å²) in [5.41, 5.74) is 8.11. The lowest BCUT2D eigenvalue weighted by atomic mass is 10.2. The van der Waals surface area contributed by atoms with Gasteiger partial charge >= 0.3 is 0 Å². The van der Waals surface area contributed by atoms with Crippen LogP contribution in [0.4, 0.5) is 0 Å². The highest BCUT2D eigenvalue weighted by molar-refractivity contribution is 7.97. The lowest BCUT2D eigenvalue weighted by molar-refractivity contribution is 0.771. The molecule has 0 radical (unpaired) electrons. The molecule has 0 saturated carbocycles. The van der Waals surface area contributed by atoms with E-state index in [9.17, 15) is 0 Å². The van der Waals surface area contributed by atoms with E-state index in [0.29, 0.717) is 6.54 Å². The summed E-state index contributed by atoms with van der Waals surface area (Å²) in [5, 5.41) is 2.52. The Kier molecular flexibility index (Phi) is 7.73. The number of hydrogen-bond donors (Lipinski definition) is 2. The van der Waals surface area contributed by atoms with Crippen molar-refractivity contribution in [3.63, 3.8) is 0 Å². The topological polar surface area (TPSA) is 43.0 Å². The smallest absolute Gasteiger partial charge is 0.0909 e. The monoisotopic (exact) mass is 293 g/mol. The molecule has 0 saturated heterocycles. The fourth-order valence-corrected chi connectivity index (χ4v) is 2.76. The number of aromatic nitrogens is 1. The largest absolute Gasteiger partial charge is 0.338 e. The summed E-state index contributed by atoms with van der Waals surface area (Å²) in [6, 6.07) is 8.64. The van der Waals surface area contributed by atoms with E-state index in [0.717, 1.165) is 6.54 Å². The molecule has 1 aromatic heterocycles. The Morgan fingerprint density at radius 1 is 1.25 bits per heavy atom. The van der Waals surface area contributed by atoms with E-state index in [1.54, 1.807) is 11.9 Å². The molecule has 0 amide bonds. The van der Waals surface area contributed by atoms with E-state index < -0.39 is 0 Å². The number of nitrogens with one attached hydrogen (secondary N) is 1. The Morgan fingerprint density at radius 3 is 2.65 bits per heavy atom. The molecule has 0 aliphatic carbocycles. The molecule has 0 fully saturated rings. The molecule has 3 nitrogen and oxygen atoms in total. The SMILES string of the molecule is CC.CCCCNSc1cc2ccc(CN)cc2n1C. The Hall–Kier alpha value is -0.970. The normalized spacial score (nSPS) is 10.4. The highest BCUT2D eigenvalue weighted by Gasteiger charge is 2.06. The predicted molar refractivity (Wildman–Crippen MR) is 90.9 cm³/mol. The van der Waals surface area contributed by atoms with Crippen LogP contribution in [0.5, 0.6) is 0 Å². The summed E-state index contributed by atoms with van der Waals surface area (Å²) < 4.78 is 5.62. The van der Waals surface area contributed by atoms with Gasteiger partial charge in [0.1, 0.15) is 0 Å². The Morgan fingerprint density at radius 2 is 2.00 bits per heavy atom. The first kappa shape index (κ1) is 17.1. The molecule has 3 N–H and O–H groups in total. The summed E-state index contributed by atoms with van der Waals surface area (Å²) in [4.78, 5) is 0. The standard InChI is InChI=1S/C14H21N3S.C2H6/c1-3-4-7-16-18-14-9-12-6-5-11(10-15)8-13(12)17(14)2;1-2/h5-6,8-9,16H,3-4,7,10,15H2,1-2H3;1-2H3. The van der Waals surface area contributed by atoms with E-state index >= 15 is 0 Å². The number of benzene rings is 1. The highest BCUT2D eigenvalue weighted by atomic mass is 32.2. The second-order valence-corrected chi connectivity index (χ2v) is 5.40. The number of unbranched alkanes of at least 4 members (excludes halogenated alkanes) is 1. The van der Waals surface area contributed by atoms with E-state index in [1.165, 1.54) is 34.3 Å². The maximum absolute atomic E-state index is 5.68. The maximum Gasteiger partial charge on any atom is 0.0909 e.